The molecule has 0 spiro atoms. The Labute approximate surface area is 115 Å². The molecular weight excluding hydrogens is 264 g/mol. The smallest absolute Gasteiger partial charge is 0.330 e. The van der Waals surface area contributed by atoms with E-state index in [2.05, 4.69) is 4.74 Å². The standard InChI is InChI=1S/C13H16N2O5/c1-20-13(17)5-3-9-2-4-10(11(14)6-7-16)12(8-9)15(18)19/h2-5,8,11,16H,6-7,14H2,1H3. The highest BCUT2D eigenvalue weighted by molar-refractivity contribution is 5.87. The Bertz CT molecular complexity index is 527. The van der Waals surface area contributed by atoms with E-state index in [1.54, 1.807) is 6.07 Å². The number of carbonyl (C=O) groups excluding carboxylic acids is 1. The van der Waals surface area contributed by atoms with Crippen molar-refractivity contribution in [2.75, 3.05) is 13.7 Å². The predicted octanol–water partition coefficient (Wildman–Crippen LogP) is 1.16. The Morgan fingerprint density at radius 3 is 2.85 bits per heavy atom. The minimum Gasteiger partial charge on any atom is -0.466 e. The molecule has 0 aliphatic carbocycles. The Morgan fingerprint density at radius 2 is 2.30 bits per heavy atom. The van der Waals surface area contributed by atoms with Crippen molar-refractivity contribution < 1.29 is 19.6 Å². The predicted molar refractivity (Wildman–Crippen MR) is 72.8 cm³/mol. The largest absolute Gasteiger partial charge is 0.466 e. The van der Waals surface area contributed by atoms with Gasteiger partial charge in [-0.1, -0.05) is 6.07 Å². The second-order valence-electron chi connectivity index (χ2n) is 4.05. The normalized spacial score (nSPS) is 12.3. The van der Waals surface area contributed by atoms with Crippen LogP contribution in [0.5, 0.6) is 0 Å². The number of aliphatic hydroxyl groups is 1. The number of benzene rings is 1. The fourth-order valence-corrected chi connectivity index (χ4v) is 1.66. The first-order chi connectivity index (χ1) is 9.49. The van der Waals surface area contributed by atoms with E-state index >= 15 is 0 Å². The molecule has 108 valence electrons. The van der Waals surface area contributed by atoms with Crippen LogP contribution in [0.2, 0.25) is 0 Å². The van der Waals surface area contributed by atoms with Crippen molar-refractivity contribution in [1.82, 2.24) is 0 Å². The number of nitrogens with two attached hydrogens (primary N) is 1. The molecule has 0 saturated carbocycles. The number of hydrogen-bond donors (Lipinski definition) is 2. The van der Waals surface area contributed by atoms with Crippen LogP contribution < -0.4 is 5.73 Å². The maximum absolute atomic E-state index is 11.0. The van der Waals surface area contributed by atoms with E-state index in [9.17, 15) is 14.9 Å². The van der Waals surface area contributed by atoms with Crippen LogP contribution >= 0.6 is 0 Å². The quantitative estimate of drug-likeness (QED) is 0.349. The lowest BCUT2D eigenvalue weighted by Crippen LogP contribution is -2.14. The number of nitro groups is 1. The minimum atomic E-state index is -0.612. The number of rotatable bonds is 6. The molecule has 0 bridgehead atoms. The third-order valence-corrected chi connectivity index (χ3v) is 2.70. The van der Waals surface area contributed by atoms with Crippen molar-refractivity contribution in [2.45, 2.75) is 12.5 Å². The summed E-state index contributed by atoms with van der Waals surface area (Å²) < 4.78 is 4.44. The Balaban J connectivity index is 3.10. The van der Waals surface area contributed by atoms with Crippen molar-refractivity contribution in [3.63, 3.8) is 0 Å². The summed E-state index contributed by atoms with van der Waals surface area (Å²) in [6, 6.07) is 3.85. The highest BCUT2D eigenvalue weighted by Gasteiger charge is 2.19. The van der Waals surface area contributed by atoms with Gasteiger partial charge in [-0.3, -0.25) is 10.1 Å². The van der Waals surface area contributed by atoms with Gasteiger partial charge in [0.15, 0.2) is 0 Å². The average Bonchev–Trinajstić information content (AvgIpc) is 2.44. The summed E-state index contributed by atoms with van der Waals surface area (Å²) in [6.07, 6.45) is 2.82. The lowest BCUT2D eigenvalue weighted by atomic mass is 10.0. The van der Waals surface area contributed by atoms with Gasteiger partial charge in [-0.05, 0) is 24.1 Å². The molecule has 0 saturated heterocycles. The Hall–Kier alpha value is -2.25. The summed E-state index contributed by atoms with van der Waals surface area (Å²) >= 11 is 0. The summed E-state index contributed by atoms with van der Waals surface area (Å²) in [7, 11) is 1.24. The molecule has 3 N–H and O–H groups in total. The van der Waals surface area contributed by atoms with E-state index < -0.39 is 16.9 Å². The molecule has 1 atom stereocenters. The van der Waals surface area contributed by atoms with E-state index in [1.165, 1.54) is 31.4 Å². The zero-order valence-electron chi connectivity index (χ0n) is 11.0. The lowest BCUT2D eigenvalue weighted by molar-refractivity contribution is -0.385. The average molecular weight is 280 g/mol. The molecule has 1 rings (SSSR count). The van der Waals surface area contributed by atoms with Gasteiger partial charge in [-0.15, -0.1) is 0 Å². The van der Waals surface area contributed by atoms with Gasteiger partial charge in [0, 0.05) is 30.4 Å². The number of methoxy groups -OCH3 is 1. The maximum Gasteiger partial charge on any atom is 0.330 e. The van der Waals surface area contributed by atoms with E-state index in [0.717, 1.165) is 0 Å². The van der Waals surface area contributed by atoms with Gasteiger partial charge in [-0.2, -0.15) is 0 Å². The molecule has 0 amide bonds. The highest BCUT2D eigenvalue weighted by Crippen LogP contribution is 2.27. The van der Waals surface area contributed by atoms with E-state index in [1.807, 2.05) is 0 Å². The molecule has 1 aromatic carbocycles. The van der Waals surface area contributed by atoms with Crippen molar-refractivity contribution in [3.05, 3.63) is 45.5 Å². The van der Waals surface area contributed by atoms with Crippen LogP contribution in [0.4, 0.5) is 5.69 Å². The SMILES string of the molecule is COC(=O)C=Cc1ccc(C(N)CCO)c([N+](=O)[O-])c1. The summed E-state index contributed by atoms with van der Waals surface area (Å²) in [5.74, 6) is -0.547. The molecule has 0 fully saturated rings. The van der Waals surface area contributed by atoms with E-state index in [-0.39, 0.29) is 18.7 Å². The molecule has 0 aromatic heterocycles. The van der Waals surface area contributed by atoms with Gasteiger partial charge in [0.05, 0.1) is 12.0 Å². The molecule has 0 aliphatic rings. The number of aliphatic hydroxyl groups excluding tert-OH is 1. The first-order valence-electron chi connectivity index (χ1n) is 5.90. The van der Waals surface area contributed by atoms with Crippen molar-refractivity contribution in [3.8, 4) is 0 Å². The summed E-state index contributed by atoms with van der Waals surface area (Å²) in [5, 5.41) is 19.9. The first kappa shape index (κ1) is 15.8. The zero-order chi connectivity index (χ0) is 15.1. The number of nitrogens with zero attached hydrogens (tertiary/aromatic N) is 1. The van der Waals surface area contributed by atoms with Crippen LogP contribution in [0, 0.1) is 10.1 Å². The van der Waals surface area contributed by atoms with Crippen molar-refractivity contribution >= 4 is 17.7 Å². The Kier molecular flexibility index (Phi) is 5.82. The van der Waals surface area contributed by atoms with Crippen LogP contribution in [-0.4, -0.2) is 29.7 Å². The van der Waals surface area contributed by atoms with Crippen LogP contribution in [0.3, 0.4) is 0 Å². The van der Waals surface area contributed by atoms with Gasteiger partial charge in [0.1, 0.15) is 0 Å². The minimum absolute atomic E-state index is 0.141. The molecule has 20 heavy (non-hydrogen) atoms. The molecule has 0 radical (unpaired) electrons. The molecule has 7 nitrogen and oxygen atoms in total. The van der Waals surface area contributed by atoms with Gasteiger partial charge in [0.2, 0.25) is 0 Å². The van der Waals surface area contributed by atoms with Gasteiger partial charge >= 0.3 is 5.97 Å². The van der Waals surface area contributed by atoms with Crippen LogP contribution in [0.25, 0.3) is 6.08 Å². The lowest BCUT2D eigenvalue weighted by Gasteiger charge is -2.11. The first-order valence-corrected chi connectivity index (χ1v) is 5.90. The molecule has 1 aromatic rings. The fourth-order valence-electron chi connectivity index (χ4n) is 1.66. The topological polar surface area (TPSA) is 116 Å². The number of carbonyl (C=O) groups is 1. The third-order valence-electron chi connectivity index (χ3n) is 2.70. The highest BCUT2D eigenvalue weighted by atomic mass is 16.6. The number of ether oxygens (including phenoxy) is 1. The molecule has 7 heteroatoms. The fraction of sp³-hybridized carbons (Fsp3) is 0.308. The van der Waals surface area contributed by atoms with Crippen molar-refractivity contribution in [1.29, 1.82) is 0 Å². The Morgan fingerprint density at radius 1 is 1.60 bits per heavy atom. The van der Waals surface area contributed by atoms with Gasteiger partial charge < -0.3 is 15.6 Å². The second-order valence-corrected chi connectivity index (χ2v) is 4.05. The van der Waals surface area contributed by atoms with E-state index in [0.29, 0.717) is 11.1 Å². The molecule has 1 unspecified atom stereocenters. The molecule has 0 heterocycles. The zero-order valence-corrected chi connectivity index (χ0v) is 11.0. The monoisotopic (exact) mass is 280 g/mol. The number of esters is 1. The van der Waals surface area contributed by atoms with E-state index in [4.69, 9.17) is 10.8 Å². The summed E-state index contributed by atoms with van der Waals surface area (Å²) in [5.41, 5.74) is 6.48. The van der Waals surface area contributed by atoms with Crippen molar-refractivity contribution in [2.24, 2.45) is 5.73 Å². The number of nitro benzene ring substituents is 1. The van der Waals surface area contributed by atoms with Crippen LogP contribution in [-0.2, 0) is 9.53 Å². The van der Waals surface area contributed by atoms with Crippen LogP contribution in [0.1, 0.15) is 23.6 Å². The summed E-state index contributed by atoms with van der Waals surface area (Å²) in [6.45, 7) is -0.150. The van der Waals surface area contributed by atoms with Crippen LogP contribution in [0.15, 0.2) is 24.3 Å². The maximum atomic E-state index is 11.0. The summed E-state index contributed by atoms with van der Waals surface area (Å²) in [4.78, 5) is 21.5. The van der Waals surface area contributed by atoms with Gasteiger partial charge in [-0.25, -0.2) is 4.79 Å². The molecule has 0 aliphatic heterocycles. The number of hydrogen-bond acceptors (Lipinski definition) is 6. The molecular formula is C13H16N2O5. The second kappa shape index (κ2) is 7.37. The van der Waals surface area contributed by atoms with Gasteiger partial charge in [0.25, 0.3) is 5.69 Å². The third kappa shape index (κ3) is 4.15.